The average molecular weight is 327 g/mol. The number of ether oxygens (including phenoxy) is 1. The molecule has 2 aromatic carbocycles. The Morgan fingerprint density at radius 3 is 2.48 bits per heavy atom. The molecule has 0 radical (unpaired) electrons. The Labute approximate surface area is 141 Å². The summed E-state index contributed by atoms with van der Waals surface area (Å²) in [6, 6.07) is 16.3. The highest BCUT2D eigenvalue weighted by molar-refractivity contribution is 6.34. The molecule has 2 aromatic rings. The molecule has 4 rings (SSSR count). The van der Waals surface area contributed by atoms with Gasteiger partial charge in [0, 0.05) is 19.8 Å². The van der Waals surface area contributed by atoms with E-state index in [0.29, 0.717) is 30.6 Å². The van der Waals surface area contributed by atoms with Crippen molar-refractivity contribution in [2.45, 2.75) is 24.8 Å². The molecule has 2 heterocycles. The van der Waals surface area contributed by atoms with Crippen LogP contribution < -0.4 is 4.90 Å². The van der Waals surface area contributed by atoms with Crippen LogP contribution in [-0.2, 0) is 16.7 Å². The van der Waals surface area contributed by atoms with Crippen LogP contribution >= 0.6 is 11.6 Å². The Hall–Kier alpha value is -1.84. The van der Waals surface area contributed by atoms with Crippen LogP contribution in [0, 0.1) is 5.41 Å². The Balaban J connectivity index is 1.87. The molecule has 0 amide bonds. The van der Waals surface area contributed by atoms with Crippen LogP contribution in [0.5, 0.6) is 0 Å². The maximum atomic E-state index is 8.97. The third-order valence-corrected chi connectivity index (χ3v) is 5.39. The van der Waals surface area contributed by atoms with Gasteiger partial charge in [-0.1, -0.05) is 48.0 Å². The fourth-order valence-electron chi connectivity index (χ4n) is 3.86. The summed E-state index contributed by atoms with van der Waals surface area (Å²) in [7, 11) is 0. The van der Waals surface area contributed by atoms with Gasteiger partial charge in [0.1, 0.15) is 5.84 Å². The molecular weight excluding hydrogens is 308 g/mol. The largest absolute Gasteiger partial charge is 0.381 e. The fraction of sp³-hybridized carbons (Fsp3) is 0.316. The highest BCUT2D eigenvalue weighted by Gasteiger charge is 2.46. The van der Waals surface area contributed by atoms with E-state index in [-0.39, 0.29) is 5.41 Å². The van der Waals surface area contributed by atoms with Gasteiger partial charge < -0.3 is 9.64 Å². The molecule has 3 nitrogen and oxygen atoms in total. The van der Waals surface area contributed by atoms with Gasteiger partial charge >= 0.3 is 0 Å². The van der Waals surface area contributed by atoms with Gasteiger partial charge in [0.25, 0.3) is 0 Å². The maximum absolute atomic E-state index is 8.97. The van der Waals surface area contributed by atoms with Crippen LogP contribution in [0.2, 0.25) is 5.02 Å². The minimum atomic E-state index is -0.258. The number of benzene rings is 2. The number of hydrogen-bond donors (Lipinski definition) is 1. The Bertz CT molecular complexity index is 753. The zero-order valence-electron chi connectivity index (χ0n) is 12.9. The van der Waals surface area contributed by atoms with Crippen LogP contribution in [0.1, 0.15) is 24.0 Å². The fourth-order valence-corrected chi connectivity index (χ4v) is 4.10. The van der Waals surface area contributed by atoms with E-state index in [1.807, 2.05) is 24.3 Å². The lowest BCUT2D eigenvalue weighted by atomic mass is 9.69. The lowest BCUT2D eigenvalue weighted by Crippen LogP contribution is -2.53. The molecule has 0 aromatic heterocycles. The first kappa shape index (κ1) is 14.7. The molecule has 1 fully saturated rings. The van der Waals surface area contributed by atoms with Crippen LogP contribution in [0.3, 0.4) is 0 Å². The Morgan fingerprint density at radius 1 is 1.00 bits per heavy atom. The first-order chi connectivity index (χ1) is 11.2. The monoisotopic (exact) mass is 326 g/mol. The third kappa shape index (κ3) is 2.27. The van der Waals surface area contributed by atoms with E-state index in [4.69, 9.17) is 21.7 Å². The lowest BCUT2D eigenvalue weighted by molar-refractivity contribution is 0.0692. The predicted molar refractivity (Wildman–Crippen MR) is 93.5 cm³/mol. The highest BCUT2D eigenvalue weighted by atomic mass is 35.5. The molecular formula is C19H19ClN2O. The Kier molecular flexibility index (Phi) is 3.63. The van der Waals surface area contributed by atoms with Crippen LogP contribution in [-0.4, -0.2) is 19.0 Å². The SMILES string of the molecule is N=C1N(c2ccccc2Cl)Cc2ccccc2C12CCOCC2. The van der Waals surface area contributed by atoms with Crippen molar-refractivity contribution in [1.82, 2.24) is 0 Å². The second kappa shape index (κ2) is 5.66. The molecule has 23 heavy (non-hydrogen) atoms. The van der Waals surface area contributed by atoms with E-state index in [2.05, 4.69) is 29.2 Å². The van der Waals surface area contributed by atoms with E-state index in [9.17, 15) is 0 Å². The van der Waals surface area contributed by atoms with Gasteiger partial charge in [-0.3, -0.25) is 5.41 Å². The quantitative estimate of drug-likeness (QED) is 0.844. The number of amidine groups is 1. The summed E-state index contributed by atoms with van der Waals surface area (Å²) < 4.78 is 5.58. The second-order valence-corrected chi connectivity index (χ2v) is 6.64. The summed E-state index contributed by atoms with van der Waals surface area (Å²) in [6.45, 7) is 2.10. The molecule has 118 valence electrons. The normalized spacial score (nSPS) is 19.7. The number of halogens is 1. The topological polar surface area (TPSA) is 36.3 Å². The molecule has 2 aliphatic heterocycles. The zero-order chi connectivity index (χ0) is 15.9. The minimum Gasteiger partial charge on any atom is -0.381 e. The molecule has 0 saturated carbocycles. The van der Waals surface area contributed by atoms with E-state index in [1.54, 1.807) is 0 Å². The van der Waals surface area contributed by atoms with Crippen molar-refractivity contribution in [2.75, 3.05) is 18.1 Å². The summed E-state index contributed by atoms with van der Waals surface area (Å²) in [5.74, 6) is 0.646. The van der Waals surface area contributed by atoms with Gasteiger partial charge in [-0.05, 0) is 36.1 Å². The van der Waals surface area contributed by atoms with E-state index >= 15 is 0 Å². The number of anilines is 1. The summed E-state index contributed by atoms with van der Waals surface area (Å²) in [5, 5.41) is 9.66. The van der Waals surface area contributed by atoms with Crippen molar-refractivity contribution in [3.63, 3.8) is 0 Å². The van der Waals surface area contributed by atoms with Gasteiger partial charge in [-0.15, -0.1) is 0 Å². The molecule has 2 aliphatic rings. The zero-order valence-corrected chi connectivity index (χ0v) is 13.6. The van der Waals surface area contributed by atoms with Crippen molar-refractivity contribution in [1.29, 1.82) is 5.41 Å². The molecule has 0 atom stereocenters. The summed E-state index contributed by atoms with van der Waals surface area (Å²) in [4.78, 5) is 2.07. The molecule has 0 aliphatic carbocycles. The molecule has 1 N–H and O–H groups in total. The van der Waals surface area contributed by atoms with Crippen LogP contribution in [0.4, 0.5) is 5.69 Å². The van der Waals surface area contributed by atoms with Gasteiger partial charge in [-0.25, -0.2) is 0 Å². The van der Waals surface area contributed by atoms with Crippen LogP contribution in [0.15, 0.2) is 48.5 Å². The number of fused-ring (bicyclic) bond motifs is 2. The number of para-hydroxylation sites is 1. The standard InChI is InChI=1S/C19H19ClN2O/c20-16-7-3-4-8-17(16)22-13-14-5-1-2-6-15(14)19(18(22)21)9-11-23-12-10-19/h1-8,21H,9-13H2. The van der Waals surface area contributed by atoms with Crippen molar-refractivity contribution >= 4 is 23.1 Å². The average Bonchev–Trinajstić information content (AvgIpc) is 2.60. The van der Waals surface area contributed by atoms with Gasteiger partial charge in [0.05, 0.1) is 16.1 Å². The summed E-state index contributed by atoms with van der Waals surface area (Å²) in [5.41, 5.74) is 3.23. The van der Waals surface area contributed by atoms with Crippen molar-refractivity contribution in [3.05, 3.63) is 64.7 Å². The third-order valence-electron chi connectivity index (χ3n) is 5.07. The first-order valence-corrected chi connectivity index (χ1v) is 8.37. The Morgan fingerprint density at radius 2 is 1.70 bits per heavy atom. The number of rotatable bonds is 1. The van der Waals surface area contributed by atoms with Gasteiger partial charge in [0.15, 0.2) is 0 Å². The highest BCUT2D eigenvalue weighted by Crippen LogP contribution is 2.44. The molecule has 0 unspecified atom stereocenters. The van der Waals surface area contributed by atoms with E-state index in [0.717, 1.165) is 18.5 Å². The van der Waals surface area contributed by atoms with Crippen molar-refractivity contribution < 1.29 is 4.74 Å². The summed E-state index contributed by atoms with van der Waals surface area (Å²) >= 11 is 6.41. The van der Waals surface area contributed by atoms with Crippen LogP contribution in [0.25, 0.3) is 0 Å². The number of hydrogen-bond acceptors (Lipinski definition) is 2. The number of nitrogens with zero attached hydrogens (tertiary/aromatic N) is 1. The molecule has 4 heteroatoms. The van der Waals surface area contributed by atoms with Crippen molar-refractivity contribution in [2.24, 2.45) is 0 Å². The summed E-state index contributed by atoms with van der Waals surface area (Å²) in [6.07, 6.45) is 1.70. The lowest BCUT2D eigenvalue weighted by Gasteiger charge is -2.47. The van der Waals surface area contributed by atoms with Gasteiger partial charge in [0.2, 0.25) is 0 Å². The predicted octanol–water partition coefficient (Wildman–Crippen LogP) is 4.39. The number of nitrogens with one attached hydrogen (secondary N) is 1. The smallest absolute Gasteiger partial charge is 0.112 e. The second-order valence-electron chi connectivity index (χ2n) is 6.24. The minimum absolute atomic E-state index is 0.258. The first-order valence-electron chi connectivity index (χ1n) is 8.00. The molecule has 1 saturated heterocycles. The van der Waals surface area contributed by atoms with Crippen molar-refractivity contribution in [3.8, 4) is 0 Å². The molecule has 0 bridgehead atoms. The van der Waals surface area contributed by atoms with E-state index < -0.39 is 0 Å². The molecule has 1 spiro atoms. The van der Waals surface area contributed by atoms with E-state index in [1.165, 1.54) is 11.1 Å². The maximum Gasteiger partial charge on any atom is 0.112 e. The van der Waals surface area contributed by atoms with Gasteiger partial charge in [-0.2, -0.15) is 0 Å².